The number of hydrogen-bond acceptors (Lipinski definition) is 6. The molecule has 1 aromatic carbocycles. The Hall–Kier alpha value is -2.64. The van der Waals surface area contributed by atoms with Crippen molar-refractivity contribution in [2.24, 2.45) is 0 Å². The van der Waals surface area contributed by atoms with E-state index in [0.717, 1.165) is 0 Å². The lowest BCUT2D eigenvalue weighted by Gasteiger charge is -2.06. The van der Waals surface area contributed by atoms with E-state index >= 15 is 0 Å². The fourth-order valence-corrected chi connectivity index (χ4v) is 1.19. The smallest absolute Gasteiger partial charge is 0.413 e. The quantitative estimate of drug-likeness (QED) is 0.636. The summed E-state index contributed by atoms with van der Waals surface area (Å²) in [6.07, 6.45) is -0.890. The normalized spacial score (nSPS) is 9.53. The van der Waals surface area contributed by atoms with E-state index < -0.39 is 23.5 Å². The van der Waals surface area contributed by atoms with Crippen molar-refractivity contribution < 1.29 is 24.0 Å². The highest BCUT2D eigenvalue weighted by Crippen LogP contribution is 2.25. The first-order chi connectivity index (χ1) is 9.04. The van der Waals surface area contributed by atoms with Crippen LogP contribution in [0.5, 0.6) is 5.75 Å². The van der Waals surface area contributed by atoms with Gasteiger partial charge in [0.1, 0.15) is 0 Å². The number of rotatable bonds is 5. The first-order valence-electron chi connectivity index (χ1n) is 5.37. The number of hydrogen-bond donors (Lipinski definition) is 1. The molecule has 0 bridgehead atoms. The number of nitrogens with one attached hydrogen (secondary N) is 1. The van der Waals surface area contributed by atoms with E-state index in [-0.39, 0.29) is 18.0 Å². The molecule has 0 aliphatic carbocycles. The van der Waals surface area contributed by atoms with Crippen LogP contribution in [-0.4, -0.2) is 30.1 Å². The largest absolute Gasteiger partial charge is 0.477 e. The summed E-state index contributed by atoms with van der Waals surface area (Å²) in [4.78, 5) is 32.3. The number of alkyl carbamates (subject to hydrolysis) is 1. The van der Waals surface area contributed by atoms with Gasteiger partial charge in [0.25, 0.3) is 5.91 Å². The minimum absolute atomic E-state index is 0.0495. The standard InChI is InChI=1S/C11H12N2O6/c1-2-18-11(15)12-10(14)7-19-9-6-4-3-5-8(9)13(16)17/h3-6H,2,7H2,1H3,(H,12,14,15). The second-order valence-corrected chi connectivity index (χ2v) is 3.28. The van der Waals surface area contributed by atoms with Crippen molar-refractivity contribution in [3.8, 4) is 5.75 Å². The second kappa shape index (κ2) is 6.94. The molecule has 0 spiro atoms. The SMILES string of the molecule is CCOC(=O)NC(=O)COc1ccccc1[N+](=O)[O-]. The summed E-state index contributed by atoms with van der Waals surface area (Å²) < 4.78 is 9.47. The monoisotopic (exact) mass is 268 g/mol. The molecule has 2 amide bonds. The third-order valence-electron chi connectivity index (χ3n) is 1.94. The van der Waals surface area contributed by atoms with Crippen LogP contribution in [0.2, 0.25) is 0 Å². The van der Waals surface area contributed by atoms with Gasteiger partial charge < -0.3 is 9.47 Å². The van der Waals surface area contributed by atoms with Crippen LogP contribution >= 0.6 is 0 Å². The van der Waals surface area contributed by atoms with Crippen molar-refractivity contribution in [2.45, 2.75) is 6.92 Å². The number of amides is 2. The summed E-state index contributed by atoms with van der Waals surface area (Å²) in [5.41, 5.74) is -0.258. The first-order valence-corrected chi connectivity index (χ1v) is 5.37. The Morgan fingerprint density at radius 3 is 2.68 bits per heavy atom. The lowest BCUT2D eigenvalue weighted by atomic mass is 10.3. The third kappa shape index (κ3) is 4.62. The van der Waals surface area contributed by atoms with E-state index in [1.165, 1.54) is 24.3 Å². The van der Waals surface area contributed by atoms with Gasteiger partial charge in [-0.25, -0.2) is 4.79 Å². The Kier molecular flexibility index (Phi) is 5.27. The Balaban J connectivity index is 2.55. The number of carbonyl (C=O) groups is 2. The highest BCUT2D eigenvalue weighted by atomic mass is 16.6. The number of nitro benzene ring substituents is 1. The van der Waals surface area contributed by atoms with Crippen molar-refractivity contribution >= 4 is 17.7 Å². The van der Waals surface area contributed by atoms with Crippen molar-refractivity contribution in [2.75, 3.05) is 13.2 Å². The molecule has 0 aliphatic rings. The van der Waals surface area contributed by atoms with Gasteiger partial charge in [0.15, 0.2) is 12.4 Å². The molecule has 1 N–H and O–H groups in total. The van der Waals surface area contributed by atoms with E-state index in [1.807, 2.05) is 5.32 Å². The van der Waals surface area contributed by atoms with Crippen LogP contribution in [0.1, 0.15) is 6.92 Å². The van der Waals surface area contributed by atoms with Crippen LogP contribution in [-0.2, 0) is 9.53 Å². The maximum absolute atomic E-state index is 11.3. The number of carbonyl (C=O) groups excluding carboxylic acids is 2. The van der Waals surface area contributed by atoms with Crippen LogP contribution in [0.4, 0.5) is 10.5 Å². The molecule has 0 unspecified atom stereocenters. The van der Waals surface area contributed by atoms with Crippen LogP contribution < -0.4 is 10.1 Å². The van der Waals surface area contributed by atoms with E-state index in [9.17, 15) is 19.7 Å². The Labute approximate surface area is 108 Å². The Morgan fingerprint density at radius 1 is 1.37 bits per heavy atom. The highest BCUT2D eigenvalue weighted by Gasteiger charge is 2.15. The number of ether oxygens (including phenoxy) is 2. The van der Waals surface area contributed by atoms with E-state index in [2.05, 4.69) is 4.74 Å². The van der Waals surface area contributed by atoms with Crippen molar-refractivity contribution in [3.63, 3.8) is 0 Å². The average molecular weight is 268 g/mol. The van der Waals surface area contributed by atoms with Crippen LogP contribution in [0.3, 0.4) is 0 Å². The molecule has 1 aromatic rings. The lowest BCUT2D eigenvalue weighted by molar-refractivity contribution is -0.385. The minimum Gasteiger partial charge on any atom is -0.477 e. The molecular weight excluding hydrogens is 256 g/mol. The second-order valence-electron chi connectivity index (χ2n) is 3.28. The molecule has 0 heterocycles. The Morgan fingerprint density at radius 2 is 2.05 bits per heavy atom. The first kappa shape index (κ1) is 14.4. The molecule has 0 saturated heterocycles. The zero-order chi connectivity index (χ0) is 14.3. The maximum atomic E-state index is 11.3. The number of para-hydroxylation sites is 2. The zero-order valence-corrected chi connectivity index (χ0v) is 10.1. The summed E-state index contributed by atoms with van der Waals surface area (Å²) in [6, 6.07) is 5.61. The van der Waals surface area contributed by atoms with E-state index in [1.54, 1.807) is 6.92 Å². The maximum Gasteiger partial charge on any atom is 0.413 e. The molecule has 8 nitrogen and oxygen atoms in total. The lowest BCUT2D eigenvalue weighted by Crippen LogP contribution is -2.34. The van der Waals surface area contributed by atoms with Gasteiger partial charge in [-0.1, -0.05) is 12.1 Å². The molecule has 8 heteroatoms. The molecule has 0 fully saturated rings. The molecule has 1 rings (SSSR count). The molecule has 102 valence electrons. The zero-order valence-electron chi connectivity index (χ0n) is 10.1. The molecule has 19 heavy (non-hydrogen) atoms. The topological polar surface area (TPSA) is 108 Å². The fraction of sp³-hybridized carbons (Fsp3) is 0.273. The van der Waals surface area contributed by atoms with Gasteiger partial charge in [-0.15, -0.1) is 0 Å². The molecule has 0 radical (unpaired) electrons. The van der Waals surface area contributed by atoms with E-state index in [0.29, 0.717) is 0 Å². The van der Waals surface area contributed by atoms with Gasteiger partial charge in [-0.2, -0.15) is 0 Å². The summed E-state index contributed by atoms with van der Waals surface area (Å²) in [6.45, 7) is 1.20. The van der Waals surface area contributed by atoms with Crippen molar-refractivity contribution in [1.82, 2.24) is 5.32 Å². The van der Waals surface area contributed by atoms with Crippen LogP contribution in [0, 0.1) is 10.1 Å². The predicted octanol–water partition coefficient (Wildman–Crippen LogP) is 1.25. The molecule has 0 atom stereocenters. The Bertz CT molecular complexity index is 488. The van der Waals surface area contributed by atoms with Gasteiger partial charge in [0, 0.05) is 6.07 Å². The summed E-state index contributed by atoms with van der Waals surface area (Å²) in [5, 5.41) is 12.6. The highest BCUT2D eigenvalue weighted by molar-refractivity contribution is 5.92. The van der Waals surface area contributed by atoms with Gasteiger partial charge >= 0.3 is 11.8 Å². The number of benzene rings is 1. The molecular formula is C11H12N2O6. The van der Waals surface area contributed by atoms with Crippen LogP contribution in [0.15, 0.2) is 24.3 Å². The van der Waals surface area contributed by atoms with Crippen molar-refractivity contribution in [3.05, 3.63) is 34.4 Å². The number of nitrogens with zero attached hydrogens (tertiary/aromatic N) is 1. The van der Waals surface area contributed by atoms with Crippen molar-refractivity contribution in [1.29, 1.82) is 0 Å². The van der Waals surface area contributed by atoms with Gasteiger partial charge in [-0.3, -0.25) is 20.2 Å². The molecule has 0 aliphatic heterocycles. The van der Waals surface area contributed by atoms with Crippen LogP contribution in [0.25, 0.3) is 0 Å². The van der Waals surface area contributed by atoms with E-state index in [4.69, 9.17) is 4.74 Å². The summed E-state index contributed by atoms with van der Waals surface area (Å²) in [7, 11) is 0. The fourth-order valence-electron chi connectivity index (χ4n) is 1.19. The average Bonchev–Trinajstić information content (AvgIpc) is 2.36. The van der Waals surface area contributed by atoms with Gasteiger partial charge in [0.2, 0.25) is 0 Å². The van der Waals surface area contributed by atoms with Gasteiger partial charge in [0.05, 0.1) is 11.5 Å². The summed E-state index contributed by atoms with van der Waals surface area (Å²) >= 11 is 0. The minimum atomic E-state index is -0.890. The molecule has 0 aromatic heterocycles. The summed E-state index contributed by atoms with van der Waals surface area (Å²) in [5.74, 6) is -0.803. The molecule has 0 saturated carbocycles. The third-order valence-corrected chi connectivity index (χ3v) is 1.94. The number of nitro groups is 1. The predicted molar refractivity (Wildman–Crippen MR) is 63.8 cm³/mol. The van der Waals surface area contributed by atoms with Gasteiger partial charge in [-0.05, 0) is 13.0 Å². The number of imide groups is 1.